The fraction of sp³-hybridized carbons (Fsp3) is 0.455. The summed E-state index contributed by atoms with van der Waals surface area (Å²) in [5.41, 5.74) is 0. The van der Waals surface area contributed by atoms with E-state index in [1.165, 1.54) is 4.31 Å². The molecule has 1 saturated heterocycles. The summed E-state index contributed by atoms with van der Waals surface area (Å²) in [5, 5.41) is 3.12. The molecule has 1 N–H and O–H groups in total. The first-order valence-corrected chi connectivity index (χ1v) is 7.04. The fourth-order valence-corrected chi connectivity index (χ4v) is 3.44. The summed E-state index contributed by atoms with van der Waals surface area (Å²) in [6.07, 6.45) is 0. The Bertz CT molecular complexity index is 548. The first kappa shape index (κ1) is 13.4. The Morgan fingerprint density at radius 3 is 2.67 bits per heavy atom. The van der Waals surface area contributed by atoms with Crippen LogP contribution < -0.4 is 5.32 Å². The molecule has 0 unspecified atom stereocenters. The van der Waals surface area contributed by atoms with Crippen molar-refractivity contribution in [3.8, 4) is 0 Å². The van der Waals surface area contributed by atoms with E-state index in [4.69, 9.17) is 0 Å². The minimum Gasteiger partial charge on any atom is -0.312 e. The van der Waals surface area contributed by atoms with E-state index in [1.54, 1.807) is 0 Å². The van der Waals surface area contributed by atoms with E-state index >= 15 is 0 Å². The fourth-order valence-electron chi connectivity index (χ4n) is 1.90. The van der Waals surface area contributed by atoms with Crippen LogP contribution in [0.15, 0.2) is 23.1 Å². The molecule has 1 fully saturated rings. The Hall–Kier alpha value is -1.05. The SMILES string of the molecule is C[C@@H]1CN(S(=O)(=O)c2ccc(F)c(F)c2)CCN1. The van der Waals surface area contributed by atoms with Gasteiger partial charge in [-0.3, -0.25) is 0 Å². The van der Waals surface area contributed by atoms with Gasteiger partial charge in [-0.1, -0.05) is 0 Å². The summed E-state index contributed by atoms with van der Waals surface area (Å²) in [7, 11) is -3.75. The maximum absolute atomic E-state index is 13.1. The van der Waals surface area contributed by atoms with E-state index in [9.17, 15) is 17.2 Å². The second-order valence-electron chi connectivity index (χ2n) is 4.29. The van der Waals surface area contributed by atoms with Crippen molar-refractivity contribution in [1.82, 2.24) is 9.62 Å². The van der Waals surface area contributed by atoms with Crippen molar-refractivity contribution < 1.29 is 17.2 Å². The van der Waals surface area contributed by atoms with Gasteiger partial charge in [0.2, 0.25) is 10.0 Å². The Labute approximate surface area is 105 Å². The molecule has 1 heterocycles. The summed E-state index contributed by atoms with van der Waals surface area (Å²) in [6, 6.07) is 2.67. The van der Waals surface area contributed by atoms with Crippen molar-refractivity contribution in [1.29, 1.82) is 0 Å². The van der Waals surface area contributed by atoms with E-state index in [0.29, 0.717) is 19.6 Å². The second kappa shape index (κ2) is 4.91. The zero-order chi connectivity index (χ0) is 13.3. The molecule has 1 atom stereocenters. The van der Waals surface area contributed by atoms with Crippen molar-refractivity contribution in [3.63, 3.8) is 0 Å². The molecular formula is C11H14F2N2O2S. The van der Waals surface area contributed by atoms with E-state index < -0.39 is 21.7 Å². The topological polar surface area (TPSA) is 49.4 Å². The number of rotatable bonds is 2. The highest BCUT2D eigenvalue weighted by Crippen LogP contribution is 2.19. The molecule has 1 aliphatic rings. The van der Waals surface area contributed by atoms with Gasteiger partial charge < -0.3 is 5.32 Å². The molecule has 1 aromatic rings. The quantitative estimate of drug-likeness (QED) is 0.875. The molecule has 0 radical (unpaired) electrons. The van der Waals surface area contributed by atoms with Crippen LogP contribution in [0.4, 0.5) is 8.78 Å². The predicted octanol–water partition coefficient (Wildman–Crippen LogP) is 0.947. The van der Waals surface area contributed by atoms with Gasteiger partial charge in [0.25, 0.3) is 0 Å². The van der Waals surface area contributed by atoms with Gasteiger partial charge in [-0.25, -0.2) is 17.2 Å². The number of benzene rings is 1. The van der Waals surface area contributed by atoms with Crippen LogP contribution in [0.1, 0.15) is 6.92 Å². The lowest BCUT2D eigenvalue weighted by atomic mass is 10.3. The molecule has 4 nitrogen and oxygen atoms in total. The van der Waals surface area contributed by atoms with Crippen LogP contribution in [0.2, 0.25) is 0 Å². The molecule has 0 saturated carbocycles. The van der Waals surface area contributed by atoms with Gasteiger partial charge in [0, 0.05) is 25.7 Å². The van der Waals surface area contributed by atoms with Crippen molar-refractivity contribution in [2.24, 2.45) is 0 Å². The van der Waals surface area contributed by atoms with E-state index in [2.05, 4.69) is 5.32 Å². The molecule has 0 aliphatic carbocycles. The monoisotopic (exact) mass is 276 g/mol. The molecule has 2 rings (SSSR count). The van der Waals surface area contributed by atoms with Crippen molar-refractivity contribution >= 4 is 10.0 Å². The Morgan fingerprint density at radius 1 is 1.33 bits per heavy atom. The molecule has 7 heteroatoms. The molecule has 1 aromatic carbocycles. The highest BCUT2D eigenvalue weighted by molar-refractivity contribution is 7.89. The zero-order valence-corrected chi connectivity index (χ0v) is 10.7. The lowest BCUT2D eigenvalue weighted by Gasteiger charge is -2.30. The molecule has 0 bridgehead atoms. The van der Waals surface area contributed by atoms with Gasteiger partial charge in [-0.15, -0.1) is 0 Å². The Kier molecular flexibility index (Phi) is 3.65. The van der Waals surface area contributed by atoms with Crippen LogP contribution in [0.25, 0.3) is 0 Å². The lowest BCUT2D eigenvalue weighted by molar-refractivity contribution is 0.310. The molecule has 0 spiro atoms. The average molecular weight is 276 g/mol. The first-order chi connectivity index (χ1) is 8.41. The highest BCUT2D eigenvalue weighted by Gasteiger charge is 2.28. The van der Waals surface area contributed by atoms with Crippen LogP contribution >= 0.6 is 0 Å². The van der Waals surface area contributed by atoms with Crippen molar-refractivity contribution in [2.75, 3.05) is 19.6 Å². The number of nitrogens with one attached hydrogen (secondary N) is 1. The summed E-state index contributed by atoms with van der Waals surface area (Å²) in [4.78, 5) is -0.212. The van der Waals surface area contributed by atoms with Crippen LogP contribution in [0.5, 0.6) is 0 Å². The maximum atomic E-state index is 13.1. The summed E-state index contributed by atoms with van der Waals surface area (Å²) in [6.45, 7) is 3.06. The maximum Gasteiger partial charge on any atom is 0.243 e. The summed E-state index contributed by atoms with van der Waals surface area (Å²) in [5.74, 6) is -2.21. The molecule has 0 amide bonds. The van der Waals surface area contributed by atoms with E-state index in [1.807, 2.05) is 6.92 Å². The van der Waals surface area contributed by atoms with E-state index in [0.717, 1.165) is 18.2 Å². The third-order valence-corrected chi connectivity index (χ3v) is 4.72. The zero-order valence-electron chi connectivity index (χ0n) is 9.86. The van der Waals surface area contributed by atoms with E-state index in [-0.39, 0.29) is 10.9 Å². The van der Waals surface area contributed by atoms with Crippen LogP contribution in [-0.4, -0.2) is 38.4 Å². The molecule has 18 heavy (non-hydrogen) atoms. The number of nitrogens with zero attached hydrogens (tertiary/aromatic N) is 1. The molecule has 1 aliphatic heterocycles. The molecule has 0 aromatic heterocycles. The van der Waals surface area contributed by atoms with Gasteiger partial charge >= 0.3 is 0 Å². The molecular weight excluding hydrogens is 262 g/mol. The van der Waals surface area contributed by atoms with Crippen LogP contribution in [-0.2, 0) is 10.0 Å². The normalized spacial score (nSPS) is 22.1. The number of hydrogen-bond acceptors (Lipinski definition) is 3. The smallest absolute Gasteiger partial charge is 0.243 e. The minimum atomic E-state index is -3.75. The average Bonchev–Trinajstić information content (AvgIpc) is 2.32. The predicted molar refractivity (Wildman–Crippen MR) is 62.6 cm³/mol. The molecule has 100 valence electrons. The van der Waals surface area contributed by atoms with Gasteiger partial charge in [0.1, 0.15) is 0 Å². The minimum absolute atomic E-state index is 0.0406. The van der Waals surface area contributed by atoms with Gasteiger partial charge in [0.05, 0.1) is 4.90 Å². The summed E-state index contributed by atoms with van der Waals surface area (Å²) >= 11 is 0. The van der Waals surface area contributed by atoms with Crippen LogP contribution in [0.3, 0.4) is 0 Å². The lowest BCUT2D eigenvalue weighted by Crippen LogP contribution is -2.51. The van der Waals surface area contributed by atoms with Gasteiger partial charge in [0.15, 0.2) is 11.6 Å². The number of piperazine rings is 1. The van der Waals surface area contributed by atoms with Crippen LogP contribution in [0, 0.1) is 11.6 Å². The standard InChI is InChI=1S/C11H14F2N2O2S/c1-8-7-15(5-4-14-8)18(16,17)9-2-3-10(12)11(13)6-9/h2-3,6,8,14H,4-5,7H2,1H3/t8-/m1/s1. The van der Waals surface area contributed by atoms with Gasteiger partial charge in [-0.05, 0) is 25.1 Å². The summed E-state index contributed by atoms with van der Waals surface area (Å²) < 4.78 is 51.6. The number of halogens is 2. The van der Waals surface area contributed by atoms with Gasteiger partial charge in [-0.2, -0.15) is 4.31 Å². The Morgan fingerprint density at radius 2 is 2.06 bits per heavy atom. The third kappa shape index (κ3) is 2.52. The number of hydrogen-bond donors (Lipinski definition) is 1. The Balaban J connectivity index is 2.32. The van der Waals surface area contributed by atoms with Crippen molar-refractivity contribution in [2.45, 2.75) is 17.9 Å². The number of sulfonamides is 1. The third-order valence-electron chi connectivity index (χ3n) is 2.86. The first-order valence-electron chi connectivity index (χ1n) is 5.60. The highest BCUT2D eigenvalue weighted by atomic mass is 32.2. The van der Waals surface area contributed by atoms with Crippen molar-refractivity contribution in [3.05, 3.63) is 29.8 Å². The second-order valence-corrected chi connectivity index (χ2v) is 6.23. The largest absolute Gasteiger partial charge is 0.312 e.